The lowest BCUT2D eigenvalue weighted by Crippen LogP contribution is -2.26. The predicted molar refractivity (Wildman–Crippen MR) is 73.2 cm³/mol. The number of rotatable bonds is 4. The van der Waals surface area contributed by atoms with Gasteiger partial charge in [-0.25, -0.2) is 4.98 Å². The quantitative estimate of drug-likeness (QED) is 0.835. The van der Waals surface area contributed by atoms with Crippen LogP contribution < -0.4 is 15.8 Å². The zero-order valence-corrected chi connectivity index (χ0v) is 11.4. The molecule has 1 aliphatic heterocycles. The van der Waals surface area contributed by atoms with Gasteiger partial charge in [0.25, 0.3) is 5.56 Å². The molecule has 1 unspecified atom stereocenters. The molecule has 1 aromatic heterocycles. The molecule has 1 aliphatic rings. The van der Waals surface area contributed by atoms with E-state index in [1.165, 1.54) is 0 Å². The van der Waals surface area contributed by atoms with E-state index in [9.17, 15) is 4.79 Å². The van der Waals surface area contributed by atoms with E-state index >= 15 is 0 Å². The number of aromatic amines is 1. The number of anilines is 1. The summed E-state index contributed by atoms with van der Waals surface area (Å²) in [5.74, 6) is 2.49. The molecule has 2 N–H and O–H groups in total. The molecule has 0 saturated carbocycles. The van der Waals surface area contributed by atoms with Crippen LogP contribution >= 0.6 is 0 Å². The van der Waals surface area contributed by atoms with Gasteiger partial charge in [0.15, 0.2) is 0 Å². The summed E-state index contributed by atoms with van der Waals surface area (Å²) < 4.78 is 0. The highest BCUT2D eigenvalue weighted by Gasteiger charge is 2.23. The standard InChI is InChI=1S/C13H22N4O/c1-9(2)13-15-11(6-12(18)16-13)17-5-4-10(8-17)7-14-3/h6,9-10,14H,4-5,7-8H2,1-3H3,(H,15,16,18). The van der Waals surface area contributed by atoms with E-state index in [1.807, 2.05) is 20.9 Å². The van der Waals surface area contributed by atoms with E-state index < -0.39 is 0 Å². The van der Waals surface area contributed by atoms with Gasteiger partial charge in [-0.15, -0.1) is 0 Å². The Kier molecular flexibility index (Phi) is 4.01. The van der Waals surface area contributed by atoms with Gasteiger partial charge in [-0.3, -0.25) is 4.79 Å². The molecule has 0 aliphatic carbocycles. The third-order valence-electron chi connectivity index (χ3n) is 3.40. The number of hydrogen-bond acceptors (Lipinski definition) is 4. The second-order valence-electron chi connectivity index (χ2n) is 5.30. The summed E-state index contributed by atoms with van der Waals surface area (Å²) in [6.07, 6.45) is 1.16. The molecule has 1 fully saturated rings. The molecule has 1 saturated heterocycles. The van der Waals surface area contributed by atoms with E-state index in [2.05, 4.69) is 20.2 Å². The summed E-state index contributed by atoms with van der Waals surface area (Å²) in [7, 11) is 1.98. The normalized spacial score (nSPS) is 19.8. The second-order valence-corrected chi connectivity index (χ2v) is 5.30. The minimum atomic E-state index is -0.0548. The molecule has 0 amide bonds. The molecule has 0 spiro atoms. The third-order valence-corrected chi connectivity index (χ3v) is 3.40. The van der Waals surface area contributed by atoms with Crippen LogP contribution in [0.1, 0.15) is 32.0 Å². The molecule has 5 heteroatoms. The molecule has 0 aromatic carbocycles. The molecule has 5 nitrogen and oxygen atoms in total. The Bertz CT molecular complexity index is 455. The molecular formula is C13H22N4O. The highest BCUT2D eigenvalue weighted by molar-refractivity contribution is 5.39. The number of H-pyrrole nitrogens is 1. The Morgan fingerprint density at radius 2 is 2.39 bits per heavy atom. The van der Waals surface area contributed by atoms with Gasteiger partial charge >= 0.3 is 0 Å². The van der Waals surface area contributed by atoms with Crippen molar-refractivity contribution in [2.24, 2.45) is 5.92 Å². The Hall–Kier alpha value is -1.36. The van der Waals surface area contributed by atoms with Crippen LogP contribution in [-0.4, -0.2) is 36.6 Å². The summed E-state index contributed by atoms with van der Waals surface area (Å²) in [4.78, 5) is 21.2. The van der Waals surface area contributed by atoms with Crippen LogP contribution in [0, 0.1) is 5.92 Å². The number of nitrogens with zero attached hydrogens (tertiary/aromatic N) is 2. The third kappa shape index (κ3) is 2.90. The Balaban J connectivity index is 2.16. The average Bonchev–Trinajstić information content (AvgIpc) is 2.77. The van der Waals surface area contributed by atoms with Crippen LogP contribution in [0.2, 0.25) is 0 Å². The van der Waals surface area contributed by atoms with Crippen molar-refractivity contribution in [1.29, 1.82) is 0 Å². The minimum Gasteiger partial charge on any atom is -0.356 e. The largest absolute Gasteiger partial charge is 0.356 e. The van der Waals surface area contributed by atoms with Gasteiger partial charge in [-0.2, -0.15) is 0 Å². The van der Waals surface area contributed by atoms with E-state index in [0.717, 1.165) is 37.7 Å². The van der Waals surface area contributed by atoms with E-state index in [1.54, 1.807) is 6.07 Å². The van der Waals surface area contributed by atoms with Crippen molar-refractivity contribution < 1.29 is 0 Å². The van der Waals surface area contributed by atoms with Crippen molar-refractivity contribution in [2.45, 2.75) is 26.2 Å². The fourth-order valence-electron chi connectivity index (χ4n) is 2.39. The molecule has 2 heterocycles. The lowest BCUT2D eigenvalue weighted by molar-refractivity contribution is 0.548. The summed E-state index contributed by atoms with van der Waals surface area (Å²) >= 11 is 0. The van der Waals surface area contributed by atoms with Crippen molar-refractivity contribution in [3.8, 4) is 0 Å². The molecular weight excluding hydrogens is 228 g/mol. The first-order chi connectivity index (χ1) is 8.60. The minimum absolute atomic E-state index is 0.0548. The Morgan fingerprint density at radius 1 is 1.61 bits per heavy atom. The maximum atomic E-state index is 11.6. The van der Waals surface area contributed by atoms with Gasteiger partial charge in [0.05, 0.1) is 0 Å². The predicted octanol–water partition coefficient (Wildman–Crippen LogP) is 0.939. The average molecular weight is 250 g/mol. The smallest absolute Gasteiger partial charge is 0.252 e. The van der Waals surface area contributed by atoms with Crippen molar-refractivity contribution in [3.05, 3.63) is 22.2 Å². The van der Waals surface area contributed by atoms with Crippen molar-refractivity contribution >= 4 is 5.82 Å². The summed E-state index contributed by atoms with van der Waals surface area (Å²) in [6, 6.07) is 1.60. The van der Waals surface area contributed by atoms with Gasteiger partial charge in [0.2, 0.25) is 0 Å². The van der Waals surface area contributed by atoms with E-state index in [0.29, 0.717) is 5.92 Å². The molecule has 0 bridgehead atoms. The molecule has 1 atom stereocenters. The monoisotopic (exact) mass is 250 g/mol. The first-order valence-electron chi connectivity index (χ1n) is 6.61. The number of hydrogen-bond donors (Lipinski definition) is 2. The van der Waals surface area contributed by atoms with Gasteiger partial charge in [0.1, 0.15) is 11.6 Å². The first-order valence-corrected chi connectivity index (χ1v) is 6.61. The molecule has 1 aromatic rings. The maximum absolute atomic E-state index is 11.6. The van der Waals surface area contributed by atoms with Crippen molar-refractivity contribution in [2.75, 3.05) is 31.6 Å². The van der Waals surface area contributed by atoms with Crippen molar-refractivity contribution in [3.63, 3.8) is 0 Å². The number of aromatic nitrogens is 2. The van der Waals surface area contributed by atoms with Crippen LogP contribution in [0.3, 0.4) is 0 Å². The second kappa shape index (κ2) is 5.52. The van der Waals surface area contributed by atoms with Crippen LogP contribution in [-0.2, 0) is 0 Å². The molecule has 18 heavy (non-hydrogen) atoms. The van der Waals surface area contributed by atoms with Crippen LogP contribution in [0.5, 0.6) is 0 Å². The zero-order valence-electron chi connectivity index (χ0n) is 11.4. The molecule has 2 rings (SSSR count). The summed E-state index contributed by atoms with van der Waals surface area (Å²) in [6.45, 7) is 7.07. The van der Waals surface area contributed by atoms with Gasteiger partial charge in [-0.05, 0) is 25.9 Å². The van der Waals surface area contributed by atoms with Gasteiger partial charge in [-0.1, -0.05) is 13.8 Å². The topological polar surface area (TPSA) is 61.0 Å². The lowest BCUT2D eigenvalue weighted by atomic mass is 10.1. The molecule has 100 valence electrons. The van der Waals surface area contributed by atoms with Crippen LogP contribution in [0.4, 0.5) is 5.82 Å². The maximum Gasteiger partial charge on any atom is 0.252 e. The highest BCUT2D eigenvalue weighted by atomic mass is 16.1. The fourth-order valence-corrected chi connectivity index (χ4v) is 2.39. The summed E-state index contributed by atoms with van der Waals surface area (Å²) in [5, 5.41) is 3.21. The highest BCUT2D eigenvalue weighted by Crippen LogP contribution is 2.21. The van der Waals surface area contributed by atoms with Crippen LogP contribution in [0.15, 0.2) is 10.9 Å². The van der Waals surface area contributed by atoms with Crippen molar-refractivity contribution in [1.82, 2.24) is 15.3 Å². The van der Waals surface area contributed by atoms with Gasteiger partial charge in [0, 0.05) is 25.1 Å². The lowest BCUT2D eigenvalue weighted by Gasteiger charge is -2.18. The first kappa shape index (κ1) is 13.1. The molecule has 0 radical (unpaired) electrons. The van der Waals surface area contributed by atoms with Crippen LogP contribution in [0.25, 0.3) is 0 Å². The Morgan fingerprint density at radius 3 is 3.06 bits per heavy atom. The summed E-state index contributed by atoms with van der Waals surface area (Å²) in [5.41, 5.74) is -0.0548. The number of nitrogens with one attached hydrogen (secondary N) is 2. The van der Waals surface area contributed by atoms with E-state index in [4.69, 9.17) is 0 Å². The fraction of sp³-hybridized carbons (Fsp3) is 0.692. The Labute approximate surface area is 108 Å². The SMILES string of the molecule is CNCC1CCN(c2cc(=O)[nH]c(C(C)C)n2)C1. The van der Waals surface area contributed by atoms with E-state index in [-0.39, 0.29) is 11.5 Å². The zero-order chi connectivity index (χ0) is 13.1. The van der Waals surface area contributed by atoms with Gasteiger partial charge < -0.3 is 15.2 Å².